The standard InChI is InChI=1S/C35H43NO12/c1-15-10-9-11-16(2)34(44)36-21-14-22(38)24-25(29(21)41)30(42)32-26(24)33(43)35(7,48-32)46-13-12-23(45-8)17(3)31(47-20(6)37)19(5)28(40)18(4)27(15)39/h9-15,17-19,23,27-28,30-31,39-40,42H,1-8H3,(H,36,44)/b10-9+,13-12+,16-11-/t15-,17+,18+,19+,23-,27-,28+,30?,31+,35-/m0/s1. The summed E-state index contributed by atoms with van der Waals surface area (Å²) in [6.45, 7) is 10.9. The highest BCUT2D eigenvalue weighted by Gasteiger charge is 2.57. The topological polar surface area (TPSA) is 195 Å². The summed E-state index contributed by atoms with van der Waals surface area (Å²) in [5.74, 6) is -8.50. The van der Waals surface area contributed by atoms with Crippen molar-refractivity contribution in [1.29, 1.82) is 0 Å². The third kappa shape index (κ3) is 6.73. The van der Waals surface area contributed by atoms with E-state index < -0.39 is 89.2 Å². The molecule has 4 aliphatic heterocycles. The molecule has 6 bridgehead atoms. The maximum Gasteiger partial charge on any atom is 0.312 e. The van der Waals surface area contributed by atoms with Gasteiger partial charge in [0.15, 0.2) is 5.78 Å². The van der Waals surface area contributed by atoms with Crippen LogP contribution in [0.15, 0.2) is 70.4 Å². The lowest BCUT2D eigenvalue weighted by Gasteiger charge is -2.38. The summed E-state index contributed by atoms with van der Waals surface area (Å²) in [5, 5.41) is 35.9. The Hall–Kier alpha value is -4.17. The van der Waals surface area contributed by atoms with Crippen LogP contribution in [0, 0.1) is 23.7 Å². The molecule has 0 saturated heterocycles. The van der Waals surface area contributed by atoms with E-state index in [9.17, 15) is 39.3 Å². The van der Waals surface area contributed by atoms with Crippen LogP contribution in [0.1, 0.15) is 48.5 Å². The molecule has 0 aromatic heterocycles. The Bertz CT molecular complexity index is 1580. The van der Waals surface area contributed by atoms with E-state index in [0.717, 1.165) is 12.3 Å². The molecule has 2 aliphatic carbocycles. The zero-order chi connectivity index (χ0) is 35.8. The van der Waals surface area contributed by atoms with Gasteiger partial charge in [-0.1, -0.05) is 45.9 Å². The molecule has 4 heterocycles. The van der Waals surface area contributed by atoms with E-state index in [1.165, 1.54) is 40.0 Å². The maximum absolute atomic E-state index is 13.6. The van der Waals surface area contributed by atoms with E-state index in [1.54, 1.807) is 39.8 Å². The smallest absolute Gasteiger partial charge is 0.312 e. The van der Waals surface area contributed by atoms with Gasteiger partial charge in [-0.05, 0) is 13.0 Å². The lowest BCUT2D eigenvalue weighted by Crippen LogP contribution is -2.46. The number of ether oxygens (including phenoxy) is 4. The number of Topliss-reactive ketones (excluding diaryl/α,β-unsaturated/α-hetero) is 2. The van der Waals surface area contributed by atoms with Crippen molar-refractivity contribution in [3.63, 3.8) is 0 Å². The molecule has 1 unspecified atom stereocenters. The van der Waals surface area contributed by atoms with Gasteiger partial charge in [0.25, 0.3) is 11.7 Å². The van der Waals surface area contributed by atoms with Crippen LogP contribution >= 0.6 is 0 Å². The molecule has 260 valence electrons. The van der Waals surface area contributed by atoms with Crippen LogP contribution in [0.2, 0.25) is 0 Å². The van der Waals surface area contributed by atoms with Gasteiger partial charge < -0.3 is 39.6 Å². The number of carbonyl (C=O) groups is 5. The Labute approximate surface area is 278 Å². The number of amides is 1. The predicted molar refractivity (Wildman–Crippen MR) is 169 cm³/mol. The van der Waals surface area contributed by atoms with Crippen LogP contribution in [0.5, 0.6) is 0 Å². The normalized spacial score (nSPS) is 38.9. The fraction of sp³-hybridized carbons (Fsp3) is 0.514. The molecule has 13 nitrogen and oxygen atoms in total. The van der Waals surface area contributed by atoms with Crippen molar-refractivity contribution in [2.24, 2.45) is 23.7 Å². The zero-order valence-electron chi connectivity index (χ0n) is 28.2. The number of esters is 1. The lowest BCUT2D eigenvalue weighted by molar-refractivity contribution is -0.176. The molecule has 0 radical (unpaired) electrons. The van der Waals surface area contributed by atoms with Crippen LogP contribution in [-0.4, -0.2) is 88.0 Å². The molecule has 48 heavy (non-hydrogen) atoms. The molecule has 1 amide bonds. The number of hydrogen-bond donors (Lipinski definition) is 4. The third-order valence-corrected chi connectivity index (χ3v) is 9.45. The van der Waals surface area contributed by atoms with E-state index >= 15 is 0 Å². The predicted octanol–water partition coefficient (Wildman–Crippen LogP) is 1.64. The number of allylic oxidation sites excluding steroid dienone is 5. The number of ketones is 3. The van der Waals surface area contributed by atoms with Crippen molar-refractivity contribution in [3.8, 4) is 0 Å². The monoisotopic (exact) mass is 669 g/mol. The molecule has 0 aromatic rings. The minimum Gasteiger partial charge on any atom is -0.462 e. The molecule has 4 N–H and O–H groups in total. The van der Waals surface area contributed by atoms with Crippen LogP contribution in [0.3, 0.4) is 0 Å². The summed E-state index contributed by atoms with van der Waals surface area (Å²) in [6, 6.07) is 0. The van der Waals surface area contributed by atoms with Crippen LogP contribution < -0.4 is 5.32 Å². The van der Waals surface area contributed by atoms with Gasteiger partial charge in [0, 0.05) is 67.4 Å². The van der Waals surface area contributed by atoms with Gasteiger partial charge in [0.1, 0.15) is 18.0 Å². The minimum absolute atomic E-state index is 0.156. The van der Waals surface area contributed by atoms with Crippen molar-refractivity contribution in [3.05, 3.63) is 70.4 Å². The third-order valence-electron chi connectivity index (χ3n) is 9.45. The summed E-state index contributed by atoms with van der Waals surface area (Å²) in [5.41, 5.74) is -1.22. The molecular formula is C35H43NO12. The number of nitrogens with one attached hydrogen (secondary N) is 1. The number of rotatable bonds is 2. The molecule has 0 spiro atoms. The minimum atomic E-state index is -2.02. The van der Waals surface area contributed by atoms with Gasteiger partial charge in [-0.15, -0.1) is 0 Å². The quantitative estimate of drug-likeness (QED) is 0.246. The van der Waals surface area contributed by atoms with Gasteiger partial charge in [0.2, 0.25) is 5.78 Å². The molecule has 0 saturated carbocycles. The molecule has 0 fully saturated rings. The van der Waals surface area contributed by atoms with Gasteiger partial charge >= 0.3 is 11.8 Å². The SMILES string of the molecule is CO[C@H]1/C=C/O[C@@]2(C)OC3=C(C2=O)C2=C(C(=O)C(=CC2=O)NC(=O)/C(C)=C\C=C\[C@H](C)[C@H](O)[C@@H](C)[C@@H](O)[C@@H](C)[C@H](OC(C)=O)[C@@H]1C)C3O. The number of hydrogen-bond acceptors (Lipinski definition) is 12. The maximum atomic E-state index is 13.6. The molecule has 0 aromatic carbocycles. The van der Waals surface area contributed by atoms with E-state index in [2.05, 4.69) is 5.32 Å². The van der Waals surface area contributed by atoms with Crippen LogP contribution in [0.25, 0.3) is 0 Å². The first-order valence-corrected chi connectivity index (χ1v) is 15.7. The summed E-state index contributed by atoms with van der Waals surface area (Å²) in [4.78, 5) is 65.3. The number of methoxy groups -OCH3 is 1. The van der Waals surface area contributed by atoms with E-state index in [0.29, 0.717) is 0 Å². The van der Waals surface area contributed by atoms with Gasteiger partial charge in [-0.3, -0.25) is 24.0 Å². The summed E-state index contributed by atoms with van der Waals surface area (Å²) in [7, 11) is 1.41. The highest BCUT2D eigenvalue weighted by atomic mass is 16.7. The number of aliphatic hydroxyl groups is 3. The highest BCUT2D eigenvalue weighted by molar-refractivity contribution is 6.31. The van der Waals surface area contributed by atoms with Crippen LogP contribution in [0.4, 0.5) is 0 Å². The summed E-state index contributed by atoms with van der Waals surface area (Å²) >= 11 is 0. The Morgan fingerprint density at radius 1 is 0.958 bits per heavy atom. The number of fused-ring (bicyclic) bond motifs is 1. The molecular weight excluding hydrogens is 626 g/mol. The van der Waals surface area contributed by atoms with E-state index in [1.807, 2.05) is 0 Å². The largest absolute Gasteiger partial charge is 0.462 e. The fourth-order valence-electron chi connectivity index (χ4n) is 6.48. The second-order valence-electron chi connectivity index (χ2n) is 12.9. The molecule has 10 atom stereocenters. The first-order valence-electron chi connectivity index (χ1n) is 15.7. The van der Waals surface area contributed by atoms with Crippen molar-refractivity contribution in [2.75, 3.05) is 7.11 Å². The van der Waals surface area contributed by atoms with Crippen molar-refractivity contribution < 1.29 is 58.2 Å². The Morgan fingerprint density at radius 3 is 2.25 bits per heavy atom. The van der Waals surface area contributed by atoms with Crippen molar-refractivity contribution in [1.82, 2.24) is 5.32 Å². The van der Waals surface area contributed by atoms with E-state index in [-0.39, 0.29) is 33.7 Å². The highest BCUT2D eigenvalue weighted by Crippen LogP contribution is 2.46. The molecule has 6 rings (SSSR count). The lowest BCUT2D eigenvalue weighted by atomic mass is 9.78. The summed E-state index contributed by atoms with van der Waals surface area (Å²) < 4.78 is 22.8. The Kier molecular flexibility index (Phi) is 10.8. The zero-order valence-corrected chi connectivity index (χ0v) is 28.2. The average molecular weight is 670 g/mol. The Morgan fingerprint density at radius 2 is 1.62 bits per heavy atom. The summed E-state index contributed by atoms with van der Waals surface area (Å²) in [6.07, 6.45) is 2.54. The average Bonchev–Trinajstić information content (AvgIpc) is 3.47. The first-order chi connectivity index (χ1) is 22.4. The molecule has 13 heteroatoms. The number of aliphatic hydroxyl groups excluding tert-OH is 3. The van der Waals surface area contributed by atoms with Gasteiger partial charge in [-0.2, -0.15) is 0 Å². The second kappa shape index (κ2) is 14.1. The fourth-order valence-corrected chi connectivity index (χ4v) is 6.48. The number of carbonyl (C=O) groups excluding carboxylic acids is 5. The Balaban J connectivity index is 1.75. The van der Waals surface area contributed by atoms with Crippen molar-refractivity contribution in [2.45, 2.75) is 84.8 Å². The van der Waals surface area contributed by atoms with E-state index in [4.69, 9.17) is 18.9 Å². The molecule has 6 aliphatic rings. The first kappa shape index (κ1) is 36.7. The van der Waals surface area contributed by atoms with Crippen molar-refractivity contribution >= 4 is 29.2 Å². The van der Waals surface area contributed by atoms with Gasteiger partial charge in [-0.25, -0.2) is 0 Å². The van der Waals surface area contributed by atoms with Gasteiger partial charge in [0.05, 0.1) is 35.8 Å². The van der Waals surface area contributed by atoms with Crippen LogP contribution in [-0.2, 0) is 42.9 Å². The second-order valence-corrected chi connectivity index (χ2v) is 12.9.